The number of aryl methyl sites for hydroxylation is 1. The topological polar surface area (TPSA) is 36.9 Å². The fourth-order valence-corrected chi connectivity index (χ4v) is 2.64. The first-order valence-electron chi connectivity index (χ1n) is 7.32. The first kappa shape index (κ1) is 14.9. The van der Waals surface area contributed by atoms with Crippen molar-refractivity contribution in [3.63, 3.8) is 0 Å². The van der Waals surface area contributed by atoms with Gasteiger partial charge in [-0.2, -0.15) is 0 Å². The summed E-state index contributed by atoms with van der Waals surface area (Å²) in [5.74, 6) is 1.51. The zero-order valence-corrected chi connectivity index (χ0v) is 13.0. The van der Waals surface area contributed by atoms with E-state index in [1.807, 2.05) is 18.2 Å². The predicted molar refractivity (Wildman–Crippen MR) is 83.0 cm³/mol. The third kappa shape index (κ3) is 2.93. The number of hydrogen-bond acceptors (Lipinski definition) is 4. The van der Waals surface area contributed by atoms with Gasteiger partial charge in [0.25, 0.3) is 0 Å². The molecule has 0 saturated carbocycles. The molecule has 0 spiro atoms. The van der Waals surface area contributed by atoms with Gasteiger partial charge in [-0.15, -0.1) is 0 Å². The van der Waals surface area contributed by atoms with Crippen LogP contribution >= 0.6 is 0 Å². The molecule has 1 aliphatic rings. The Labute approximate surface area is 130 Å². The minimum absolute atomic E-state index is 0.0580. The minimum Gasteiger partial charge on any atom is -0.497 e. The minimum atomic E-state index is -0.146. The average Bonchev–Trinajstić information content (AvgIpc) is 3.04. The van der Waals surface area contributed by atoms with Crippen molar-refractivity contribution >= 4 is 0 Å². The molecule has 1 fully saturated rings. The van der Waals surface area contributed by atoms with Crippen molar-refractivity contribution in [2.75, 3.05) is 14.2 Å². The summed E-state index contributed by atoms with van der Waals surface area (Å²) < 4.78 is 10.7. The van der Waals surface area contributed by atoms with Crippen molar-refractivity contribution in [3.8, 4) is 11.5 Å². The number of ether oxygens (including phenoxy) is 2. The number of benzene rings is 2. The molecule has 2 aromatic rings. The highest BCUT2D eigenvalue weighted by Gasteiger charge is 2.31. The van der Waals surface area contributed by atoms with Crippen molar-refractivity contribution in [2.45, 2.75) is 25.6 Å². The van der Waals surface area contributed by atoms with E-state index in [1.165, 1.54) is 5.56 Å². The normalized spacial score (nSPS) is 20.9. The summed E-state index contributed by atoms with van der Waals surface area (Å²) >= 11 is 0. The molecule has 1 aliphatic heterocycles. The van der Waals surface area contributed by atoms with Crippen LogP contribution in [0.25, 0.3) is 0 Å². The van der Waals surface area contributed by atoms with E-state index >= 15 is 0 Å². The lowest BCUT2D eigenvalue weighted by molar-refractivity contribution is -0.300. The molecule has 4 heteroatoms. The van der Waals surface area contributed by atoms with Crippen LogP contribution in [0, 0.1) is 6.92 Å². The van der Waals surface area contributed by atoms with Crippen LogP contribution in [0.1, 0.15) is 35.3 Å². The van der Waals surface area contributed by atoms with Gasteiger partial charge in [0.1, 0.15) is 23.7 Å². The van der Waals surface area contributed by atoms with E-state index in [2.05, 4.69) is 31.2 Å². The van der Waals surface area contributed by atoms with Crippen LogP contribution in [0.2, 0.25) is 0 Å². The van der Waals surface area contributed by atoms with E-state index < -0.39 is 0 Å². The van der Waals surface area contributed by atoms with Crippen LogP contribution in [0.3, 0.4) is 0 Å². The first-order chi connectivity index (χ1) is 10.7. The fraction of sp³-hybridized carbons (Fsp3) is 0.333. The standard InChI is InChI=1S/C18H20O4/c1-12-4-6-13(7-5-12)16-11-18(22-21-16)15-9-8-14(19-2)10-17(15)20-3/h4-10,16,18H,11H2,1-3H3/t16-,18+/m0/s1. The Kier molecular flexibility index (Phi) is 4.32. The molecule has 1 heterocycles. The van der Waals surface area contributed by atoms with Crippen molar-refractivity contribution in [1.82, 2.24) is 0 Å². The van der Waals surface area contributed by atoms with Gasteiger partial charge in [0.15, 0.2) is 0 Å². The van der Waals surface area contributed by atoms with Gasteiger partial charge in [-0.1, -0.05) is 29.8 Å². The molecular weight excluding hydrogens is 280 g/mol. The van der Waals surface area contributed by atoms with Gasteiger partial charge < -0.3 is 9.47 Å². The summed E-state index contributed by atoms with van der Waals surface area (Å²) in [7, 11) is 3.28. The predicted octanol–water partition coefficient (Wildman–Crippen LogP) is 4.15. The van der Waals surface area contributed by atoms with E-state index in [9.17, 15) is 0 Å². The molecule has 0 aromatic heterocycles. The Morgan fingerprint density at radius 1 is 0.909 bits per heavy atom. The molecular formula is C18H20O4. The summed E-state index contributed by atoms with van der Waals surface area (Å²) in [6.45, 7) is 2.07. The highest BCUT2D eigenvalue weighted by Crippen LogP contribution is 2.43. The molecule has 22 heavy (non-hydrogen) atoms. The lowest BCUT2D eigenvalue weighted by Gasteiger charge is -2.13. The third-order valence-corrected chi connectivity index (χ3v) is 3.95. The molecule has 2 aromatic carbocycles. The largest absolute Gasteiger partial charge is 0.497 e. The van der Waals surface area contributed by atoms with Crippen LogP contribution in [0.4, 0.5) is 0 Å². The van der Waals surface area contributed by atoms with Gasteiger partial charge >= 0.3 is 0 Å². The Bertz CT molecular complexity index is 636. The quantitative estimate of drug-likeness (QED) is 0.795. The Morgan fingerprint density at radius 2 is 1.64 bits per heavy atom. The molecule has 4 nitrogen and oxygen atoms in total. The monoisotopic (exact) mass is 300 g/mol. The zero-order valence-electron chi connectivity index (χ0n) is 13.0. The van der Waals surface area contributed by atoms with E-state index in [4.69, 9.17) is 19.2 Å². The molecule has 0 aliphatic carbocycles. The number of rotatable bonds is 4. The van der Waals surface area contributed by atoms with Crippen LogP contribution < -0.4 is 9.47 Å². The van der Waals surface area contributed by atoms with Gasteiger partial charge in [-0.3, -0.25) is 0 Å². The fourth-order valence-electron chi connectivity index (χ4n) is 2.64. The van der Waals surface area contributed by atoms with Crippen molar-refractivity contribution < 1.29 is 19.2 Å². The molecule has 0 radical (unpaired) electrons. The first-order valence-corrected chi connectivity index (χ1v) is 7.32. The van der Waals surface area contributed by atoms with E-state index in [0.29, 0.717) is 0 Å². The number of methoxy groups -OCH3 is 2. The molecule has 3 rings (SSSR count). The van der Waals surface area contributed by atoms with Crippen molar-refractivity contribution in [2.24, 2.45) is 0 Å². The highest BCUT2D eigenvalue weighted by molar-refractivity contribution is 5.42. The maximum Gasteiger partial charge on any atom is 0.128 e. The molecule has 116 valence electrons. The molecule has 2 atom stereocenters. The zero-order chi connectivity index (χ0) is 15.5. The second-order valence-electron chi connectivity index (χ2n) is 5.42. The lowest BCUT2D eigenvalue weighted by Crippen LogP contribution is -2.00. The maximum absolute atomic E-state index is 5.53. The van der Waals surface area contributed by atoms with Gasteiger partial charge in [0.2, 0.25) is 0 Å². The van der Waals surface area contributed by atoms with E-state index in [1.54, 1.807) is 14.2 Å². The second kappa shape index (κ2) is 6.38. The van der Waals surface area contributed by atoms with E-state index in [-0.39, 0.29) is 12.2 Å². The van der Waals surface area contributed by atoms with Crippen molar-refractivity contribution in [1.29, 1.82) is 0 Å². The van der Waals surface area contributed by atoms with Crippen molar-refractivity contribution in [3.05, 3.63) is 59.2 Å². The molecule has 0 N–H and O–H groups in total. The molecule has 0 unspecified atom stereocenters. The summed E-state index contributed by atoms with van der Waals surface area (Å²) in [5.41, 5.74) is 3.33. The van der Waals surface area contributed by atoms with Gasteiger partial charge in [0.05, 0.1) is 14.2 Å². The molecule has 0 amide bonds. The third-order valence-electron chi connectivity index (χ3n) is 3.95. The summed E-state index contributed by atoms with van der Waals surface area (Å²) in [6, 6.07) is 14.1. The lowest BCUT2D eigenvalue weighted by atomic mass is 9.98. The summed E-state index contributed by atoms with van der Waals surface area (Å²) in [4.78, 5) is 11.0. The van der Waals surface area contributed by atoms with E-state index in [0.717, 1.165) is 29.0 Å². The molecule has 0 bridgehead atoms. The van der Waals surface area contributed by atoms with Gasteiger partial charge in [-0.05, 0) is 24.6 Å². The Hall–Kier alpha value is -2.04. The summed E-state index contributed by atoms with van der Waals surface area (Å²) in [5, 5.41) is 0. The van der Waals surface area contributed by atoms with Crippen LogP contribution in [0.15, 0.2) is 42.5 Å². The SMILES string of the molecule is COc1ccc([C@H]2C[C@@H](c3ccc(C)cc3)OO2)c(OC)c1. The summed E-state index contributed by atoms with van der Waals surface area (Å²) in [6.07, 6.45) is 0.552. The number of hydrogen-bond donors (Lipinski definition) is 0. The second-order valence-corrected chi connectivity index (χ2v) is 5.42. The van der Waals surface area contributed by atoms with Crippen LogP contribution in [-0.2, 0) is 9.78 Å². The van der Waals surface area contributed by atoms with Crippen LogP contribution in [-0.4, -0.2) is 14.2 Å². The van der Waals surface area contributed by atoms with Gasteiger partial charge in [0, 0.05) is 18.1 Å². The highest BCUT2D eigenvalue weighted by atomic mass is 17.2. The smallest absolute Gasteiger partial charge is 0.128 e. The Balaban J connectivity index is 1.79. The average molecular weight is 300 g/mol. The maximum atomic E-state index is 5.53. The van der Waals surface area contributed by atoms with Gasteiger partial charge in [-0.25, -0.2) is 9.78 Å². The van der Waals surface area contributed by atoms with Crippen LogP contribution in [0.5, 0.6) is 11.5 Å². The molecule has 1 saturated heterocycles. The Morgan fingerprint density at radius 3 is 2.32 bits per heavy atom.